The Labute approximate surface area is 105 Å². The molecule has 0 heterocycles. The van der Waals surface area contributed by atoms with E-state index in [1.807, 2.05) is 0 Å². The van der Waals surface area contributed by atoms with Gasteiger partial charge in [0.2, 0.25) is 0 Å². The minimum atomic E-state index is 0.401. The van der Waals surface area contributed by atoms with E-state index in [9.17, 15) is 0 Å². The zero-order valence-electron chi connectivity index (χ0n) is 11.5. The summed E-state index contributed by atoms with van der Waals surface area (Å²) in [7, 11) is 0. The minimum Gasteiger partial charge on any atom is -0.494 e. The molecule has 1 aromatic carbocycles. The topological polar surface area (TPSA) is 21.3 Å². The molecule has 1 N–H and O–H groups in total. The molecular formula is C15H25NO. The fraction of sp³-hybridized carbons (Fsp3) is 0.600. The molecule has 0 amide bonds. The molecule has 96 valence electrons. The molecule has 0 aliphatic rings. The van der Waals surface area contributed by atoms with Crippen molar-refractivity contribution in [3.63, 3.8) is 0 Å². The van der Waals surface area contributed by atoms with E-state index in [-0.39, 0.29) is 0 Å². The maximum Gasteiger partial charge on any atom is 0.119 e. The van der Waals surface area contributed by atoms with Crippen LogP contribution in [0.15, 0.2) is 24.3 Å². The van der Waals surface area contributed by atoms with Gasteiger partial charge < -0.3 is 10.1 Å². The molecule has 17 heavy (non-hydrogen) atoms. The lowest BCUT2D eigenvalue weighted by Gasteiger charge is -2.16. The molecule has 2 nitrogen and oxygen atoms in total. The van der Waals surface area contributed by atoms with Gasteiger partial charge in [0.15, 0.2) is 0 Å². The van der Waals surface area contributed by atoms with Crippen LogP contribution < -0.4 is 10.1 Å². The van der Waals surface area contributed by atoms with Crippen LogP contribution in [0.5, 0.6) is 5.75 Å². The molecule has 0 saturated heterocycles. The summed E-state index contributed by atoms with van der Waals surface area (Å²) in [4.78, 5) is 0. The Morgan fingerprint density at radius 2 is 1.76 bits per heavy atom. The second-order valence-electron chi connectivity index (χ2n) is 4.94. The van der Waals surface area contributed by atoms with Crippen molar-refractivity contribution in [1.82, 2.24) is 5.32 Å². The van der Waals surface area contributed by atoms with Gasteiger partial charge in [-0.3, -0.25) is 0 Å². The van der Waals surface area contributed by atoms with Gasteiger partial charge in [0.1, 0.15) is 5.75 Å². The monoisotopic (exact) mass is 235 g/mol. The third-order valence-electron chi connectivity index (χ3n) is 2.69. The third-order valence-corrected chi connectivity index (χ3v) is 2.69. The van der Waals surface area contributed by atoms with Gasteiger partial charge in [0, 0.05) is 6.04 Å². The standard InChI is InChI=1S/C15H25NO/c1-5-10-17-15-8-6-14(7-9-15)13(4)16-11-12(2)3/h6-9,12-13,16H,5,10-11H2,1-4H3/t13-/m1/s1. The van der Waals surface area contributed by atoms with E-state index in [0.29, 0.717) is 12.0 Å². The normalized spacial score (nSPS) is 12.8. The highest BCUT2D eigenvalue weighted by Gasteiger charge is 2.05. The molecule has 1 aromatic rings. The van der Waals surface area contributed by atoms with Crippen molar-refractivity contribution >= 4 is 0 Å². The number of hydrogen-bond acceptors (Lipinski definition) is 2. The molecule has 0 aliphatic heterocycles. The summed E-state index contributed by atoms with van der Waals surface area (Å²) in [6.45, 7) is 10.6. The molecule has 0 aromatic heterocycles. The number of benzene rings is 1. The highest BCUT2D eigenvalue weighted by molar-refractivity contribution is 5.28. The molecule has 0 radical (unpaired) electrons. The molecule has 0 bridgehead atoms. The summed E-state index contributed by atoms with van der Waals surface area (Å²) in [5.74, 6) is 1.65. The Balaban J connectivity index is 2.48. The first-order chi connectivity index (χ1) is 8.13. The maximum absolute atomic E-state index is 5.57. The molecule has 1 rings (SSSR count). The Morgan fingerprint density at radius 3 is 2.29 bits per heavy atom. The molecule has 0 saturated carbocycles. The van der Waals surface area contributed by atoms with E-state index in [0.717, 1.165) is 25.3 Å². The molecule has 0 spiro atoms. The van der Waals surface area contributed by atoms with Crippen LogP contribution in [0.3, 0.4) is 0 Å². The van der Waals surface area contributed by atoms with Crippen molar-refractivity contribution < 1.29 is 4.74 Å². The van der Waals surface area contributed by atoms with Gasteiger partial charge in [0.05, 0.1) is 6.61 Å². The van der Waals surface area contributed by atoms with E-state index < -0.39 is 0 Å². The van der Waals surface area contributed by atoms with E-state index in [1.54, 1.807) is 0 Å². The van der Waals surface area contributed by atoms with Gasteiger partial charge in [0.25, 0.3) is 0 Å². The minimum absolute atomic E-state index is 0.401. The van der Waals surface area contributed by atoms with Crippen molar-refractivity contribution in [2.45, 2.75) is 40.2 Å². The third kappa shape index (κ3) is 5.22. The zero-order valence-corrected chi connectivity index (χ0v) is 11.5. The lowest BCUT2D eigenvalue weighted by molar-refractivity contribution is 0.317. The Kier molecular flexibility index (Phi) is 6.06. The summed E-state index contributed by atoms with van der Waals surface area (Å²) in [5, 5.41) is 3.52. The molecule has 0 fully saturated rings. The molecular weight excluding hydrogens is 210 g/mol. The largest absolute Gasteiger partial charge is 0.494 e. The van der Waals surface area contributed by atoms with Gasteiger partial charge in [-0.25, -0.2) is 0 Å². The first-order valence-electron chi connectivity index (χ1n) is 6.59. The first-order valence-corrected chi connectivity index (χ1v) is 6.59. The molecule has 0 aliphatic carbocycles. The maximum atomic E-state index is 5.57. The molecule has 0 unspecified atom stereocenters. The quantitative estimate of drug-likeness (QED) is 0.776. The van der Waals surface area contributed by atoms with E-state index >= 15 is 0 Å². The lowest BCUT2D eigenvalue weighted by atomic mass is 10.1. The van der Waals surface area contributed by atoms with Crippen LogP contribution in [-0.2, 0) is 0 Å². The summed E-state index contributed by atoms with van der Waals surface area (Å²) in [6, 6.07) is 8.79. The van der Waals surface area contributed by atoms with Crippen molar-refractivity contribution in [3.05, 3.63) is 29.8 Å². The number of hydrogen-bond donors (Lipinski definition) is 1. The smallest absolute Gasteiger partial charge is 0.119 e. The first kappa shape index (κ1) is 14.0. The summed E-state index contributed by atoms with van der Waals surface area (Å²) >= 11 is 0. The Morgan fingerprint density at radius 1 is 1.12 bits per heavy atom. The van der Waals surface area contributed by atoms with Gasteiger partial charge in [-0.05, 0) is 43.5 Å². The van der Waals surface area contributed by atoms with Crippen LogP contribution >= 0.6 is 0 Å². The van der Waals surface area contributed by atoms with Crippen molar-refractivity contribution in [1.29, 1.82) is 0 Å². The average Bonchev–Trinajstić information content (AvgIpc) is 2.34. The van der Waals surface area contributed by atoms with Gasteiger partial charge in [-0.1, -0.05) is 32.9 Å². The van der Waals surface area contributed by atoms with Crippen LogP contribution in [0.4, 0.5) is 0 Å². The molecule has 2 heteroatoms. The highest BCUT2D eigenvalue weighted by Crippen LogP contribution is 2.17. The van der Waals surface area contributed by atoms with Crippen LogP contribution in [0.25, 0.3) is 0 Å². The van der Waals surface area contributed by atoms with Crippen molar-refractivity contribution in [2.24, 2.45) is 5.92 Å². The molecule has 1 atom stereocenters. The highest BCUT2D eigenvalue weighted by atomic mass is 16.5. The second-order valence-corrected chi connectivity index (χ2v) is 4.94. The summed E-state index contributed by atoms with van der Waals surface area (Å²) in [6.07, 6.45) is 1.05. The van der Waals surface area contributed by atoms with Gasteiger partial charge >= 0.3 is 0 Å². The Bertz CT molecular complexity index is 305. The number of nitrogens with one attached hydrogen (secondary N) is 1. The van der Waals surface area contributed by atoms with Crippen molar-refractivity contribution in [2.75, 3.05) is 13.2 Å². The Hall–Kier alpha value is -1.02. The van der Waals surface area contributed by atoms with Gasteiger partial charge in [-0.2, -0.15) is 0 Å². The number of ether oxygens (including phenoxy) is 1. The summed E-state index contributed by atoms with van der Waals surface area (Å²) < 4.78 is 5.57. The fourth-order valence-electron chi connectivity index (χ4n) is 1.60. The number of rotatable bonds is 7. The van der Waals surface area contributed by atoms with E-state index in [4.69, 9.17) is 4.74 Å². The predicted molar refractivity (Wildman–Crippen MR) is 73.5 cm³/mol. The van der Waals surface area contributed by atoms with E-state index in [2.05, 4.69) is 57.3 Å². The van der Waals surface area contributed by atoms with E-state index in [1.165, 1.54) is 5.56 Å². The van der Waals surface area contributed by atoms with Crippen LogP contribution in [0.1, 0.15) is 45.7 Å². The summed E-state index contributed by atoms with van der Waals surface area (Å²) in [5.41, 5.74) is 1.31. The lowest BCUT2D eigenvalue weighted by Crippen LogP contribution is -2.23. The van der Waals surface area contributed by atoms with Gasteiger partial charge in [-0.15, -0.1) is 0 Å². The predicted octanol–water partition coefficient (Wildman–Crippen LogP) is 3.78. The fourth-order valence-corrected chi connectivity index (χ4v) is 1.60. The second kappa shape index (κ2) is 7.33. The van der Waals surface area contributed by atoms with Crippen LogP contribution in [0, 0.1) is 5.92 Å². The van der Waals surface area contributed by atoms with Crippen LogP contribution in [0.2, 0.25) is 0 Å². The van der Waals surface area contributed by atoms with Crippen LogP contribution in [-0.4, -0.2) is 13.2 Å². The van der Waals surface area contributed by atoms with Crippen molar-refractivity contribution in [3.8, 4) is 5.75 Å². The average molecular weight is 235 g/mol. The zero-order chi connectivity index (χ0) is 12.7. The SMILES string of the molecule is CCCOc1ccc([C@@H](C)NCC(C)C)cc1.